The van der Waals surface area contributed by atoms with E-state index in [2.05, 4.69) is 99.6 Å². The van der Waals surface area contributed by atoms with Crippen molar-refractivity contribution in [1.82, 2.24) is 0 Å². The first-order valence-electron chi connectivity index (χ1n) is 9.08. The maximum absolute atomic E-state index is 10.7. The molecule has 3 rings (SSSR count). The van der Waals surface area contributed by atoms with Crippen molar-refractivity contribution in [1.29, 1.82) is 0 Å². The lowest BCUT2D eigenvalue weighted by Gasteiger charge is -2.19. The third-order valence-electron chi connectivity index (χ3n) is 4.36. The Morgan fingerprint density at radius 1 is 0.677 bits per heavy atom. The zero-order valence-corrected chi connectivity index (χ0v) is 19.3. The fourth-order valence-corrected chi connectivity index (χ4v) is 2.75. The van der Waals surface area contributed by atoms with Crippen molar-refractivity contribution in [3.05, 3.63) is 84.4 Å². The van der Waals surface area contributed by atoms with Gasteiger partial charge < -0.3 is 4.55 Å². The molecule has 0 bridgehead atoms. The van der Waals surface area contributed by atoms with E-state index in [1.54, 1.807) is 0 Å². The SMILES string of the molecule is CC(C)(C)c1ccc(-c2ccccc2-c2ccccc2)cc1.O=S(=O)([O-])C(F)(F)F.[SH3+]. The second kappa shape index (κ2) is 10.3. The Kier molecular flexibility index (Phi) is 8.93. The van der Waals surface area contributed by atoms with Gasteiger partial charge in [-0.05, 0) is 33.2 Å². The van der Waals surface area contributed by atoms with Gasteiger partial charge in [-0.3, -0.25) is 0 Å². The number of hydrogen-bond acceptors (Lipinski definition) is 3. The van der Waals surface area contributed by atoms with Gasteiger partial charge in [-0.25, -0.2) is 8.42 Å². The van der Waals surface area contributed by atoms with Crippen LogP contribution < -0.4 is 0 Å². The molecule has 0 aliphatic heterocycles. The molecule has 168 valence electrons. The highest BCUT2D eigenvalue weighted by atomic mass is 32.2. The lowest BCUT2D eigenvalue weighted by atomic mass is 9.85. The molecule has 0 saturated carbocycles. The van der Waals surface area contributed by atoms with Crippen molar-refractivity contribution in [2.45, 2.75) is 31.7 Å². The van der Waals surface area contributed by atoms with Crippen molar-refractivity contribution < 1.29 is 26.1 Å². The fourth-order valence-electron chi connectivity index (χ4n) is 2.75. The summed E-state index contributed by atoms with van der Waals surface area (Å²) in [5.41, 5.74) is 1.02. The molecule has 0 N–H and O–H groups in total. The minimum absolute atomic E-state index is 0. The van der Waals surface area contributed by atoms with Crippen LogP contribution in [0.25, 0.3) is 22.3 Å². The van der Waals surface area contributed by atoms with Gasteiger partial charge in [-0.2, -0.15) is 13.2 Å². The summed E-state index contributed by atoms with van der Waals surface area (Å²) < 4.78 is 58.9. The molecule has 0 amide bonds. The van der Waals surface area contributed by atoms with Gasteiger partial charge in [0.2, 0.25) is 0 Å². The van der Waals surface area contributed by atoms with Crippen LogP contribution in [0.2, 0.25) is 0 Å². The van der Waals surface area contributed by atoms with Crippen LogP contribution in [0.3, 0.4) is 0 Å². The molecule has 31 heavy (non-hydrogen) atoms. The standard InChI is InChI=1S/C22H22.CHF3O3S.H2S/c1-22(2,3)19-15-13-18(14-16-19)21-12-8-7-11-20(21)17-9-5-4-6-10-17;2-1(3,4)8(5,6)7;/h4-16H,1-3H3;(H,5,6,7);1H2. The average molecular weight is 471 g/mol. The van der Waals surface area contributed by atoms with Crippen molar-refractivity contribution in [3.8, 4) is 22.3 Å². The van der Waals surface area contributed by atoms with E-state index >= 15 is 0 Å². The number of hydrogen-bond donors (Lipinski definition) is 0. The average Bonchev–Trinajstić information content (AvgIpc) is 2.67. The predicted octanol–water partition coefficient (Wildman–Crippen LogP) is 5.56. The van der Waals surface area contributed by atoms with Gasteiger partial charge in [0.15, 0.2) is 10.1 Å². The molecule has 3 aromatic carbocycles. The topological polar surface area (TPSA) is 57.2 Å². The van der Waals surface area contributed by atoms with Crippen LogP contribution in [0.15, 0.2) is 78.9 Å². The molecule has 0 spiro atoms. The third-order valence-corrected chi connectivity index (χ3v) is 4.92. The smallest absolute Gasteiger partial charge is 0.485 e. The normalized spacial score (nSPS) is 11.7. The molecule has 8 heteroatoms. The van der Waals surface area contributed by atoms with E-state index < -0.39 is 15.6 Å². The third kappa shape index (κ3) is 7.41. The van der Waals surface area contributed by atoms with Crippen LogP contribution in [0.1, 0.15) is 26.3 Å². The summed E-state index contributed by atoms with van der Waals surface area (Å²) in [6, 6.07) is 28.2. The van der Waals surface area contributed by atoms with Crippen LogP contribution in [-0.2, 0) is 29.0 Å². The number of alkyl halides is 3. The molecule has 0 radical (unpaired) electrons. The summed E-state index contributed by atoms with van der Waals surface area (Å²) in [6.45, 7) is 6.75. The Morgan fingerprint density at radius 2 is 1.03 bits per heavy atom. The molecule has 0 saturated heterocycles. The van der Waals surface area contributed by atoms with E-state index in [0.29, 0.717) is 0 Å². The van der Waals surface area contributed by atoms with E-state index in [1.165, 1.54) is 27.8 Å². The molecule has 0 unspecified atom stereocenters. The van der Waals surface area contributed by atoms with Crippen LogP contribution in [-0.4, -0.2) is 18.5 Å². The van der Waals surface area contributed by atoms with Crippen molar-refractivity contribution in [2.75, 3.05) is 0 Å². The maximum atomic E-state index is 10.7. The van der Waals surface area contributed by atoms with E-state index in [-0.39, 0.29) is 18.9 Å². The Bertz CT molecular complexity index is 1070. The molecular formula is C23H25F3O3S2. The zero-order chi connectivity index (χ0) is 22.6. The van der Waals surface area contributed by atoms with E-state index in [0.717, 1.165) is 0 Å². The van der Waals surface area contributed by atoms with Gasteiger partial charge >= 0.3 is 5.51 Å². The minimum atomic E-state index is -6.09. The summed E-state index contributed by atoms with van der Waals surface area (Å²) in [7, 11) is -6.09. The Balaban J connectivity index is 0.000000461. The fraction of sp³-hybridized carbons (Fsp3) is 0.217. The highest BCUT2D eigenvalue weighted by Gasteiger charge is 2.36. The summed E-state index contributed by atoms with van der Waals surface area (Å²) in [5, 5.41) is 0. The highest BCUT2D eigenvalue weighted by molar-refractivity contribution is 7.86. The van der Waals surface area contributed by atoms with E-state index in [9.17, 15) is 13.2 Å². The van der Waals surface area contributed by atoms with E-state index in [4.69, 9.17) is 13.0 Å². The number of benzene rings is 3. The number of halogens is 3. The first-order valence-corrected chi connectivity index (χ1v) is 10.5. The van der Waals surface area contributed by atoms with E-state index in [1.807, 2.05) is 0 Å². The highest BCUT2D eigenvalue weighted by Crippen LogP contribution is 2.33. The van der Waals surface area contributed by atoms with Crippen LogP contribution in [0.5, 0.6) is 0 Å². The molecule has 0 aliphatic carbocycles. The second-order valence-electron chi connectivity index (χ2n) is 7.64. The van der Waals surface area contributed by atoms with Gasteiger partial charge in [0.1, 0.15) is 0 Å². The Morgan fingerprint density at radius 3 is 1.39 bits per heavy atom. The summed E-state index contributed by atoms with van der Waals surface area (Å²) in [4.78, 5) is 0. The first kappa shape index (κ1) is 26.7. The zero-order valence-electron chi connectivity index (χ0n) is 17.3. The predicted molar refractivity (Wildman–Crippen MR) is 123 cm³/mol. The minimum Gasteiger partial charge on any atom is -0.741 e. The molecular weight excluding hydrogens is 445 g/mol. The van der Waals surface area contributed by atoms with Crippen LogP contribution in [0, 0.1) is 0 Å². The summed E-state index contributed by atoms with van der Waals surface area (Å²) >= 11 is 0. The Labute approximate surface area is 188 Å². The molecule has 3 nitrogen and oxygen atoms in total. The molecule has 0 atom stereocenters. The lowest BCUT2D eigenvalue weighted by molar-refractivity contribution is -0.0517. The second-order valence-corrected chi connectivity index (χ2v) is 9.01. The quantitative estimate of drug-likeness (QED) is 0.280. The van der Waals surface area contributed by atoms with Crippen molar-refractivity contribution in [2.24, 2.45) is 0 Å². The lowest BCUT2D eigenvalue weighted by Crippen LogP contribution is -2.21. The van der Waals surface area contributed by atoms with Gasteiger partial charge in [0.05, 0.1) is 0 Å². The largest absolute Gasteiger partial charge is 0.741 e. The van der Waals surface area contributed by atoms with Gasteiger partial charge in [-0.1, -0.05) is 113 Å². The van der Waals surface area contributed by atoms with Gasteiger partial charge in [0, 0.05) is 0 Å². The van der Waals surface area contributed by atoms with Crippen molar-refractivity contribution >= 4 is 23.6 Å². The molecule has 0 heterocycles. The monoisotopic (exact) mass is 470 g/mol. The molecule has 3 aromatic rings. The van der Waals surface area contributed by atoms with Gasteiger partial charge in [-0.15, -0.1) is 0 Å². The summed E-state index contributed by atoms with van der Waals surface area (Å²) in [5.74, 6) is 0. The molecule has 0 aromatic heterocycles. The first-order chi connectivity index (χ1) is 13.8. The number of rotatable bonds is 2. The van der Waals surface area contributed by atoms with Crippen LogP contribution in [0.4, 0.5) is 13.2 Å². The molecule has 0 aliphatic rings. The van der Waals surface area contributed by atoms with Crippen molar-refractivity contribution in [3.63, 3.8) is 0 Å². The maximum Gasteiger partial charge on any atom is 0.485 e. The van der Waals surface area contributed by atoms with Crippen LogP contribution >= 0.6 is 0 Å². The Hall–Kier alpha value is -2.29. The van der Waals surface area contributed by atoms with Gasteiger partial charge in [0.25, 0.3) is 0 Å². The summed E-state index contributed by atoms with van der Waals surface area (Å²) in [6.07, 6.45) is 0. The molecule has 0 fully saturated rings.